The lowest BCUT2D eigenvalue weighted by Crippen LogP contribution is -2.18. The van der Waals surface area contributed by atoms with Crippen molar-refractivity contribution >= 4 is 29.3 Å². The molecule has 3 rings (SSSR count). The Morgan fingerprint density at radius 3 is 2.59 bits per heavy atom. The fourth-order valence-corrected chi connectivity index (χ4v) is 3.78. The van der Waals surface area contributed by atoms with Gasteiger partial charge in [0.05, 0.1) is 17.8 Å². The lowest BCUT2D eigenvalue weighted by atomic mass is 10.2. The normalized spacial score (nSPS) is 12.0. The maximum atomic E-state index is 14.6. The van der Waals surface area contributed by atoms with Gasteiger partial charge < -0.3 is 4.74 Å². The Bertz CT molecular complexity index is 964. The predicted octanol–water partition coefficient (Wildman–Crippen LogP) is 4.77. The van der Waals surface area contributed by atoms with Gasteiger partial charge in [-0.2, -0.15) is 0 Å². The van der Waals surface area contributed by atoms with Gasteiger partial charge in [0.15, 0.2) is 11.0 Å². The molecule has 0 spiro atoms. The fraction of sp³-hybridized carbons (Fsp3) is 0.211. The number of hydrogen-bond acceptors (Lipinski definition) is 5. The highest BCUT2D eigenvalue weighted by Crippen LogP contribution is 2.34. The first-order valence-corrected chi connectivity index (χ1v) is 9.52. The van der Waals surface area contributed by atoms with Crippen molar-refractivity contribution in [1.29, 1.82) is 0 Å². The summed E-state index contributed by atoms with van der Waals surface area (Å²) in [5, 5.41) is 8.80. The Morgan fingerprint density at radius 1 is 1.22 bits per heavy atom. The van der Waals surface area contributed by atoms with Crippen LogP contribution in [0.1, 0.15) is 13.3 Å². The van der Waals surface area contributed by atoms with Crippen LogP contribution in [-0.2, 0) is 9.53 Å². The quantitative estimate of drug-likeness (QED) is 0.436. The molecule has 0 unspecified atom stereocenters. The number of carbonyl (C=O) groups is 1. The van der Waals surface area contributed by atoms with E-state index in [-0.39, 0.29) is 11.7 Å². The van der Waals surface area contributed by atoms with Gasteiger partial charge in [0.1, 0.15) is 11.1 Å². The van der Waals surface area contributed by atoms with E-state index in [9.17, 15) is 9.18 Å². The number of hydrogen-bond donors (Lipinski definition) is 0. The van der Waals surface area contributed by atoms with Crippen LogP contribution >= 0.6 is 23.4 Å². The summed E-state index contributed by atoms with van der Waals surface area (Å²) in [5.41, 5.74) is 0.896. The summed E-state index contributed by atoms with van der Waals surface area (Å²) in [5.74, 6) is -0.406. The minimum atomic E-state index is -0.483. The topological polar surface area (TPSA) is 57.0 Å². The highest BCUT2D eigenvalue weighted by atomic mass is 35.5. The number of benzene rings is 2. The molecule has 0 aliphatic heterocycles. The van der Waals surface area contributed by atoms with Gasteiger partial charge in [-0.15, -0.1) is 10.2 Å². The second-order valence-electron chi connectivity index (χ2n) is 5.61. The van der Waals surface area contributed by atoms with E-state index in [1.54, 1.807) is 41.0 Å². The Morgan fingerprint density at radius 2 is 1.93 bits per heavy atom. The van der Waals surface area contributed by atoms with Crippen LogP contribution in [0.5, 0.6) is 0 Å². The van der Waals surface area contributed by atoms with Crippen molar-refractivity contribution in [3.05, 3.63) is 59.4 Å². The molecular weight excluding hydrogens is 389 g/mol. The summed E-state index contributed by atoms with van der Waals surface area (Å²) in [6.07, 6.45) is 0.531. The third-order valence-corrected chi connectivity index (χ3v) is 5.54. The van der Waals surface area contributed by atoms with Crippen molar-refractivity contribution in [3.63, 3.8) is 0 Å². The van der Waals surface area contributed by atoms with Gasteiger partial charge in [0.2, 0.25) is 0 Å². The van der Waals surface area contributed by atoms with E-state index in [4.69, 9.17) is 16.3 Å². The van der Waals surface area contributed by atoms with E-state index >= 15 is 0 Å². The van der Waals surface area contributed by atoms with Crippen LogP contribution in [0.3, 0.4) is 0 Å². The molecule has 0 saturated heterocycles. The second-order valence-corrected chi connectivity index (χ2v) is 7.19. The summed E-state index contributed by atoms with van der Waals surface area (Å²) in [7, 11) is 1.34. The third-order valence-electron chi connectivity index (χ3n) is 3.92. The molecule has 0 radical (unpaired) electrons. The molecule has 0 aliphatic rings. The highest BCUT2D eigenvalue weighted by Gasteiger charge is 2.25. The predicted molar refractivity (Wildman–Crippen MR) is 104 cm³/mol. The number of para-hydroxylation sites is 1. The Hall–Kier alpha value is -2.38. The van der Waals surface area contributed by atoms with Crippen molar-refractivity contribution in [2.24, 2.45) is 0 Å². The lowest BCUT2D eigenvalue weighted by molar-refractivity contribution is -0.140. The molecule has 2 aromatic carbocycles. The number of nitrogens with zero attached hydrogens (tertiary/aromatic N) is 3. The molecule has 0 saturated carbocycles. The molecule has 0 bridgehead atoms. The van der Waals surface area contributed by atoms with E-state index < -0.39 is 11.1 Å². The van der Waals surface area contributed by atoms with E-state index in [1.165, 1.54) is 24.9 Å². The average molecular weight is 406 g/mol. The van der Waals surface area contributed by atoms with Crippen molar-refractivity contribution < 1.29 is 13.9 Å². The average Bonchev–Trinajstić information content (AvgIpc) is 3.09. The smallest absolute Gasteiger partial charge is 0.319 e. The monoisotopic (exact) mass is 405 g/mol. The van der Waals surface area contributed by atoms with Crippen LogP contribution in [-0.4, -0.2) is 33.1 Å². The zero-order chi connectivity index (χ0) is 19.4. The maximum Gasteiger partial charge on any atom is 0.319 e. The molecule has 0 amide bonds. The van der Waals surface area contributed by atoms with Crippen molar-refractivity contribution in [1.82, 2.24) is 14.8 Å². The minimum Gasteiger partial charge on any atom is -0.468 e. The number of ether oxygens (including phenoxy) is 1. The molecule has 0 N–H and O–H groups in total. The largest absolute Gasteiger partial charge is 0.468 e. The van der Waals surface area contributed by atoms with Crippen molar-refractivity contribution in [2.45, 2.75) is 23.8 Å². The molecule has 0 fully saturated rings. The molecule has 1 atom stereocenters. The lowest BCUT2D eigenvalue weighted by Gasteiger charge is -2.15. The first-order chi connectivity index (χ1) is 13.1. The zero-order valence-corrected chi connectivity index (χ0v) is 16.3. The van der Waals surface area contributed by atoms with Gasteiger partial charge in [-0.05, 0) is 30.7 Å². The first kappa shape index (κ1) is 19.4. The van der Waals surface area contributed by atoms with Gasteiger partial charge in [0, 0.05) is 5.56 Å². The van der Waals surface area contributed by atoms with Crippen LogP contribution in [0.25, 0.3) is 17.1 Å². The number of halogens is 2. The van der Waals surface area contributed by atoms with Gasteiger partial charge in [-0.25, -0.2) is 4.39 Å². The molecule has 1 heterocycles. The number of methoxy groups -OCH3 is 1. The molecule has 3 aromatic rings. The second kappa shape index (κ2) is 8.54. The summed E-state index contributed by atoms with van der Waals surface area (Å²) >= 11 is 7.50. The number of esters is 1. The van der Waals surface area contributed by atoms with E-state index in [0.29, 0.717) is 28.0 Å². The molecule has 1 aromatic heterocycles. The molecular formula is C19H17ClFN3O2S. The fourth-order valence-electron chi connectivity index (χ4n) is 2.57. The van der Waals surface area contributed by atoms with Crippen LogP contribution in [0, 0.1) is 5.82 Å². The van der Waals surface area contributed by atoms with E-state index in [1.807, 2.05) is 13.0 Å². The summed E-state index contributed by atoms with van der Waals surface area (Å²) in [4.78, 5) is 12.0. The maximum absolute atomic E-state index is 14.6. The summed E-state index contributed by atoms with van der Waals surface area (Å²) in [6.45, 7) is 1.87. The standard InChI is InChI=1S/C19H17ClFN3O2S/c1-3-16(18(25)26-2)27-19-23-22-17(12-8-4-5-9-13(12)20)24(19)15-11-7-6-10-14(15)21/h4-11,16H,3H2,1-2H3/t16-/m1/s1. The minimum absolute atomic E-state index is 0.277. The molecule has 0 aliphatic carbocycles. The van der Waals surface area contributed by atoms with Gasteiger partial charge >= 0.3 is 5.97 Å². The first-order valence-electron chi connectivity index (χ1n) is 8.26. The van der Waals surface area contributed by atoms with Gasteiger partial charge in [-0.1, -0.05) is 54.6 Å². The van der Waals surface area contributed by atoms with Crippen LogP contribution in [0.2, 0.25) is 5.02 Å². The van der Waals surface area contributed by atoms with Gasteiger partial charge in [-0.3, -0.25) is 9.36 Å². The van der Waals surface area contributed by atoms with Crippen LogP contribution < -0.4 is 0 Å². The summed E-state index contributed by atoms with van der Waals surface area (Å²) < 4.78 is 21.0. The van der Waals surface area contributed by atoms with Gasteiger partial charge in [0.25, 0.3) is 0 Å². The third kappa shape index (κ3) is 3.99. The molecule has 8 heteroatoms. The van der Waals surface area contributed by atoms with Crippen molar-refractivity contribution in [2.75, 3.05) is 7.11 Å². The number of rotatable bonds is 6. The van der Waals surface area contributed by atoms with E-state index in [0.717, 1.165) is 0 Å². The van der Waals surface area contributed by atoms with Crippen LogP contribution in [0.4, 0.5) is 4.39 Å². The number of carbonyl (C=O) groups excluding carboxylic acids is 1. The Labute approximate surface area is 165 Å². The van der Waals surface area contributed by atoms with Crippen LogP contribution in [0.15, 0.2) is 53.7 Å². The molecule has 5 nitrogen and oxygen atoms in total. The highest BCUT2D eigenvalue weighted by molar-refractivity contribution is 8.00. The Balaban J connectivity index is 2.17. The zero-order valence-electron chi connectivity index (χ0n) is 14.7. The number of aromatic nitrogens is 3. The molecule has 140 valence electrons. The van der Waals surface area contributed by atoms with Crippen molar-refractivity contribution in [3.8, 4) is 17.1 Å². The number of thioether (sulfide) groups is 1. The van der Waals surface area contributed by atoms with E-state index in [2.05, 4.69) is 10.2 Å². The molecule has 27 heavy (non-hydrogen) atoms. The Kier molecular flexibility index (Phi) is 6.13. The summed E-state index contributed by atoms with van der Waals surface area (Å²) in [6, 6.07) is 13.5. The SMILES string of the molecule is CC[C@@H](Sc1nnc(-c2ccccc2Cl)n1-c1ccccc1F)C(=O)OC.